The van der Waals surface area contributed by atoms with Crippen molar-refractivity contribution in [2.45, 2.75) is 26.3 Å². The fourth-order valence-corrected chi connectivity index (χ4v) is 1.56. The highest BCUT2D eigenvalue weighted by atomic mass is 35.5. The summed E-state index contributed by atoms with van der Waals surface area (Å²) in [5.74, 6) is 0.0911. The van der Waals surface area contributed by atoms with Crippen molar-refractivity contribution < 1.29 is 10.0 Å². The normalized spacial score (nSPS) is 12.0. The predicted octanol–water partition coefficient (Wildman–Crippen LogP) is 2.77. The summed E-state index contributed by atoms with van der Waals surface area (Å²) >= 11 is 0. The zero-order chi connectivity index (χ0) is 12.3. The molecule has 0 unspecified atom stereocenters. The largest absolute Gasteiger partial charge is 0.502 e. The molecule has 0 amide bonds. The number of phenols is 1. The Bertz CT molecular complexity index is 396. The molecule has 0 fully saturated rings. The molecule has 0 heterocycles. The van der Waals surface area contributed by atoms with Gasteiger partial charge < -0.3 is 10.8 Å². The van der Waals surface area contributed by atoms with Crippen molar-refractivity contribution in [2.24, 2.45) is 11.7 Å². The lowest BCUT2D eigenvalue weighted by molar-refractivity contribution is -0.385. The van der Waals surface area contributed by atoms with Gasteiger partial charge in [0.1, 0.15) is 0 Å². The summed E-state index contributed by atoms with van der Waals surface area (Å²) in [5.41, 5.74) is 6.29. The number of nitrogens with two attached hydrogens (primary N) is 1. The van der Waals surface area contributed by atoms with E-state index < -0.39 is 4.92 Å². The highest BCUT2D eigenvalue weighted by Crippen LogP contribution is 2.29. The Kier molecular flexibility index (Phi) is 5.91. The van der Waals surface area contributed by atoms with Gasteiger partial charge in [-0.2, -0.15) is 0 Å². The van der Waals surface area contributed by atoms with Gasteiger partial charge >= 0.3 is 5.69 Å². The molecule has 0 radical (unpaired) electrons. The standard InChI is InChI=1S/C11H16N2O3.ClH/c1-7(2)5-9(12)8-3-4-11(14)10(6-8)13(15)16;/h3-4,6-7,9,14H,5,12H2,1-2H3;1H/t9-;/m1./s1. The second-order valence-electron chi connectivity index (χ2n) is 4.24. The maximum absolute atomic E-state index is 10.6. The van der Waals surface area contributed by atoms with E-state index >= 15 is 0 Å². The molecule has 0 aliphatic heterocycles. The van der Waals surface area contributed by atoms with Crippen molar-refractivity contribution in [2.75, 3.05) is 0 Å². The minimum Gasteiger partial charge on any atom is -0.502 e. The SMILES string of the molecule is CC(C)C[C@@H](N)c1ccc(O)c([N+](=O)[O-])c1.Cl. The van der Waals surface area contributed by atoms with Gasteiger partial charge in [-0.25, -0.2) is 0 Å². The van der Waals surface area contributed by atoms with Gasteiger partial charge in [0.2, 0.25) is 0 Å². The molecule has 0 spiro atoms. The molecule has 1 aromatic rings. The zero-order valence-corrected chi connectivity index (χ0v) is 10.6. The maximum atomic E-state index is 10.6. The van der Waals surface area contributed by atoms with Gasteiger partial charge in [0.25, 0.3) is 0 Å². The number of nitro groups is 1. The number of halogens is 1. The number of hydrogen-bond acceptors (Lipinski definition) is 4. The smallest absolute Gasteiger partial charge is 0.311 e. The van der Waals surface area contributed by atoms with Gasteiger partial charge in [0, 0.05) is 12.1 Å². The summed E-state index contributed by atoms with van der Waals surface area (Å²) in [7, 11) is 0. The Morgan fingerprint density at radius 3 is 2.53 bits per heavy atom. The van der Waals surface area contributed by atoms with Crippen LogP contribution in [0, 0.1) is 16.0 Å². The molecule has 1 atom stereocenters. The van der Waals surface area contributed by atoms with Crippen molar-refractivity contribution in [3.05, 3.63) is 33.9 Å². The Morgan fingerprint density at radius 1 is 1.47 bits per heavy atom. The van der Waals surface area contributed by atoms with Crippen molar-refractivity contribution in [1.29, 1.82) is 0 Å². The van der Waals surface area contributed by atoms with Crippen LogP contribution in [-0.2, 0) is 0 Å². The summed E-state index contributed by atoms with van der Waals surface area (Å²) in [6.07, 6.45) is 0.752. The van der Waals surface area contributed by atoms with E-state index in [4.69, 9.17) is 5.73 Å². The maximum Gasteiger partial charge on any atom is 0.311 e. The number of phenolic OH excluding ortho intramolecular Hbond substituents is 1. The van der Waals surface area contributed by atoms with Gasteiger partial charge in [-0.05, 0) is 24.0 Å². The molecule has 0 saturated carbocycles. The van der Waals surface area contributed by atoms with E-state index in [-0.39, 0.29) is 29.9 Å². The first kappa shape index (κ1) is 15.7. The summed E-state index contributed by atoms with van der Waals surface area (Å²) in [6.45, 7) is 4.07. The van der Waals surface area contributed by atoms with E-state index in [9.17, 15) is 15.2 Å². The van der Waals surface area contributed by atoms with Crippen molar-refractivity contribution in [3.8, 4) is 5.75 Å². The van der Waals surface area contributed by atoms with Gasteiger partial charge in [0.05, 0.1) is 4.92 Å². The third-order valence-electron chi connectivity index (χ3n) is 2.35. The molecule has 0 bridgehead atoms. The topological polar surface area (TPSA) is 89.4 Å². The van der Waals surface area contributed by atoms with Crippen molar-refractivity contribution in [3.63, 3.8) is 0 Å². The first-order valence-electron chi connectivity index (χ1n) is 5.14. The van der Waals surface area contributed by atoms with Crippen LogP contribution in [0.1, 0.15) is 31.9 Å². The molecule has 1 rings (SSSR count). The van der Waals surface area contributed by atoms with Crippen LogP contribution >= 0.6 is 12.4 Å². The van der Waals surface area contributed by atoms with E-state index in [2.05, 4.69) is 0 Å². The summed E-state index contributed by atoms with van der Waals surface area (Å²) in [4.78, 5) is 10.0. The average Bonchev–Trinajstić information content (AvgIpc) is 2.16. The lowest BCUT2D eigenvalue weighted by Crippen LogP contribution is -2.13. The number of aromatic hydroxyl groups is 1. The van der Waals surface area contributed by atoms with Crippen LogP contribution < -0.4 is 5.73 Å². The highest BCUT2D eigenvalue weighted by Gasteiger charge is 2.17. The van der Waals surface area contributed by atoms with Gasteiger partial charge in [-0.1, -0.05) is 19.9 Å². The number of nitro benzene ring substituents is 1. The Hall–Kier alpha value is -1.33. The Morgan fingerprint density at radius 2 is 2.06 bits per heavy atom. The molecule has 0 saturated heterocycles. The van der Waals surface area contributed by atoms with Crippen LogP contribution in [-0.4, -0.2) is 10.0 Å². The summed E-state index contributed by atoms with van der Waals surface area (Å²) in [6, 6.07) is 4.03. The second-order valence-corrected chi connectivity index (χ2v) is 4.24. The quantitative estimate of drug-likeness (QED) is 0.643. The molecule has 5 nitrogen and oxygen atoms in total. The average molecular weight is 261 g/mol. The van der Waals surface area contributed by atoms with E-state index in [1.54, 1.807) is 6.07 Å². The van der Waals surface area contributed by atoms with Crippen LogP contribution in [0.25, 0.3) is 0 Å². The van der Waals surface area contributed by atoms with Crippen molar-refractivity contribution >= 4 is 18.1 Å². The van der Waals surface area contributed by atoms with Crippen molar-refractivity contribution in [1.82, 2.24) is 0 Å². The number of rotatable bonds is 4. The molecule has 96 valence electrons. The van der Waals surface area contributed by atoms with Gasteiger partial charge in [-0.3, -0.25) is 10.1 Å². The second kappa shape index (κ2) is 6.42. The van der Waals surface area contributed by atoms with Crippen LogP contribution in [0.3, 0.4) is 0 Å². The number of nitrogens with zero attached hydrogens (tertiary/aromatic N) is 1. The summed E-state index contributed by atoms with van der Waals surface area (Å²) < 4.78 is 0. The number of benzene rings is 1. The minimum atomic E-state index is -0.610. The predicted molar refractivity (Wildman–Crippen MR) is 68.4 cm³/mol. The first-order valence-corrected chi connectivity index (χ1v) is 5.14. The van der Waals surface area contributed by atoms with Crippen LogP contribution in [0.5, 0.6) is 5.75 Å². The third kappa shape index (κ3) is 4.20. The molecule has 0 aromatic heterocycles. The molecule has 3 N–H and O–H groups in total. The zero-order valence-electron chi connectivity index (χ0n) is 9.79. The molecular weight excluding hydrogens is 244 g/mol. The highest BCUT2D eigenvalue weighted by molar-refractivity contribution is 5.85. The van der Waals surface area contributed by atoms with E-state index in [1.807, 2.05) is 13.8 Å². The fraction of sp³-hybridized carbons (Fsp3) is 0.455. The number of hydrogen-bond donors (Lipinski definition) is 2. The lowest BCUT2D eigenvalue weighted by Gasteiger charge is -2.14. The first-order chi connectivity index (χ1) is 7.41. The van der Waals surface area contributed by atoms with Crippen LogP contribution in [0.15, 0.2) is 18.2 Å². The van der Waals surface area contributed by atoms with Gasteiger partial charge in [0.15, 0.2) is 5.75 Å². The minimum absolute atomic E-state index is 0. The molecule has 0 aliphatic rings. The van der Waals surface area contributed by atoms with Crippen LogP contribution in [0.2, 0.25) is 0 Å². The van der Waals surface area contributed by atoms with Gasteiger partial charge in [-0.15, -0.1) is 12.4 Å². The molecule has 17 heavy (non-hydrogen) atoms. The van der Waals surface area contributed by atoms with E-state index in [1.165, 1.54) is 12.1 Å². The lowest BCUT2D eigenvalue weighted by atomic mass is 9.97. The Balaban J connectivity index is 0.00000256. The molecule has 6 heteroatoms. The van der Waals surface area contributed by atoms with E-state index in [0.717, 1.165) is 6.42 Å². The van der Waals surface area contributed by atoms with E-state index in [0.29, 0.717) is 11.5 Å². The monoisotopic (exact) mass is 260 g/mol. The fourth-order valence-electron chi connectivity index (χ4n) is 1.56. The Labute approximate surface area is 106 Å². The summed E-state index contributed by atoms with van der Waals surface area (Å²) in [5, 5.41) is 19.9. The third-order valence-corrected chi connectivity index (χ3v) is 2.35. The molecule has 1 aromatic carbocycles. The molecular formula is C11H17ClN2O3. The molecule has 0 aliphatic carbocycles. The van der Waals surface area contributed by atoms with Crippen LogP contribution in [0.4, 0.5) is 5.69 Å².